The topological polar surface area (TPSA) is 77.0 Å². The van der Waals surface area contributed by atoms with Crippen LogP contribution in [0.3, 0.4) is 0 Å². The molecule has 0 unspecified atom stereocenters. The summed E-state index contributed by atoms with van der Waals surface area (Å²) in [5.74, 6) is 0.867. The predicted octanol–water partition coefficient (Wildman–Crippen LogP) is 0.772. The van der Waals surface area contributed by atoms with Crippen molar-refractivity contribution < 1.29 is 24.1 Å². The number of hydrogen-bond donors (Lipinski definition) is 2. The largest absolute Gasteiger partial charge is 0.507 e. The van der Waals surface area contributed by atoms with Gasteiger partial charge in [-0.25, -0.2) is 0 Å². The smallest absolute Gasteiger partial charge is 0.322 e. The average Bonchev–Trinajstić information content (AvgIpc) is 2.81. The molecule has 0 saturated carbocycles. The molecular weight excluding hydrogens is 238 g/mol. The lowest BCUT2D eigenvalue weighted by atomic mass is 10.1. The van der Waals surface area contributed by atoms with E-state index in [-0.39, 0.29) is 18.5 Å². The fourth-order valence-corrected chi connectivity index (χ4v) is 1.64. The van der Waals surface area contributed by atoms with Crippen LogP contribution in [-0.2, 0) is 16.1 Å². The molecule has 98 valence electrons. The number of phenols is 1. The maximum atomic E-state index is 11.2. The fraction of sp³-hybridized carbons (Fsp3) is 0.417. The first-order valence-electron chi connectivity index (χ1n) is 5.54. The van der Waals surface area contributed by atoms with Crippen molar-refractivity contribution in [1.82, 2.24) is 5.32 Å². The molecule has 2 N–H and O–H groups in total. The summed E-state index contributed by atoms with van der Waals surface area (Å²) in [6, 6.07) is 2.75. The molecular formula is C12H15NO5. The maximum Gasteiger partial charge on any atom is 0.322 e. The average molecular weight is 253 g/mol. The van der Waals surface area contributed by atoms with Gasteiger partial charge < -0.3 is 24.6 Å². The van der Waals surface area contributed by atoms with Gasteiger partial charge >= 0.3 is 5.97 Å². The van der Waals surface area contributed by atoms with Gasteiger partial charge in [0.15, 0.2) is 11.5 Å². The number of hydrogen-bond acceptors (Lipinski definition) is 6. The molecule has 0 saturated heterocycles. The number of nitrogens with one attached hydrogen (secondary N) is 1. The van der Waals surface area contributed by atoms with Crippen molar-refractivity contribution in [2.45, 2.75) is 19.5 Å². The van der Waals surface area contributed by atoms with Crippen molar-refractivity contribution in [2.24, 2.45) is 0 Å². The highest BCUT2D eigenvalue weighted by Crippen LogP contribution is 2.37. The van der Waals surface area contributed by atoms with Crippen molar-refractivity contribution in [3.63, 3.8) is 0 Å². The Balaban J connectivity index is 2.04. The van der Waals surface area contributed by atoms with Gasteiger partial charge in [0.05, 0.1) is 7.11 Å². The van der Waals surface area contributed by atoms with Gasteiger partial charge in [-0.05, 0) is 13.0 Å². The Morgan fingerprint density at radius 2 is 2.17 bits per heavy atom. The zero-order valence-corrected chi connectivity index (χ0v) is 10.2. The second-order valence-electron chi connectivity index (χ2n) is 3.96. The summed E-state index contributed by atoms with van der Waals surface area (Å²) < 4.78 is 15.0. The molecule has 6 heteroatoms. The van der Waals surface area contributed by atoms with E-state index in [4.69, 9.17) is 9.47 Å². The summed E-state index contributed by atoms with van der Waals surface area (Å²) in [6.45, 7) is 2.18. The monoisotopic (exact) mass is 253 g/mol. The van der Waals surface area contributed by atoms with Gasteiger partial charge in [0.25, 0.3) is 0 Å². The highest BCUT2D eigenvalue weighted by atomic mass is 16.7. The SMILES string of the molecule is COC(=O)[C@H](C)NCc1cc2c(cc1O)OCO2. The molecule has 0 amide bonds. The third kappa shape index (κ3) is 2.48. The quantitative estimate of drug-likeness (QED) is 0.772. The van der Waals surface area contributed by atoms with E-state index >= 15 is 0 Å². The first-order chi connectivity index (χ1) is 8.61. The Labute approximate surface area is 104 Å². The van der Waals surface area contributed by atoms with E-state index in [0.29, 0.717) is 23.6 Å². The minimum Gasteiger partial charge on any atom is -0.507 e. The van der Waals surface area contributed by atoms with Crippen LogP contribution in [0, 0.1) is 0 Å². The highest BCUT2D eigenvalue weighted by molar-refractivity contribution is 5.75. The van der Waals surface area contributed by atoms with Crippen LogP contribution in [0.2, 0.25) is 0 Å². The first-order valence-corrected chi connectivity index (χ1v) is 5.54. The zero-order chi connectivity index (χ0) is 13.1. The molecule has 0 aromatic heterocycles. The number of ether oxygens (including phenoxy) is 3. The standard InChI is InChI=1S/C12H15NO5/c1-7(12(15)16-2)13-5-8-3-10-11(4-9(8)14)18-6-17-10/h3-4,7,13-14H,5-6H2,1-2H3/t7-/m0/s1. The number of carbonyl (C=O) groups is 1. The molecule has 1 aliphatic rings. The van der Waals surface area contributed by atoms with E-state index in [1.807, 2.05) is 0 Å². The second kappa shape index (κ2) is 5.14. The van der Waals surface area contributed by atoms with Gasteiger partial charge in [-0.1, -0.05) is 0 Å². The molecule has 18 heavy (non-hydrogen) atoms. The van der Waals surface area contributed by atoms with Crippen LogP contribution >= 0.6 is 0 Å². The van der Waals surface area contributed by atoms with E-state index in [9.17, 15) is 9.90 Å². The van der Waals surface area contributed by atoms with Crippen LogP contribution in [0.25, 0.3) is 0 Å². The van der Waals surface area contributed by atoms with E-state index in [1.165, 1.54) is 13.2 Å². The van der Waals surface area contributed by atoms with E-state index in [2.05, 4.69) is 10.1 Å². The molecule has 1 aromatic rings. The maximum absolute atomic E-state index is 11.2. The minimum atomic E-state index is -0.445. The van der Waals surface area contributed by atoms with Gasteiger partial charge in [-0.3, -0.25) is 4.79 Å². The minimum absolute atomic E-state index is 0.101. The van der Waals surface area contributed by atoms with Crippen LogP contribution in [0.4, 0.5) is 0 Å². The number of fused-ring (bicyclic) bond motifs is 1. The molecule has 1 aromatic carbocycles. The van der Waals surface area contributed by atoms with E-state index in [1.54, 1.807) is 13.0 Å². The Bertz CT molecular complexity index is 460. The lowest BCUT2D eigenvalue weighted by molar-refractivity contribution is -0.142. The number of aromatic hydroxyl groups is 1. The lowest BCUT2D eigenvalue weighted by Crippen LogP contribution is -2.34. The number of rotatable bonds is 4. The second-order valence-corrected chi connectivity index (χ2v) is 3.96. The Morgan fingerprint density at radius 3 is 2.83 bits per heavy atom. The predicted molar refractivity (Wildman–Crippen MR) is 62.5 cm³/mol. The zero-order valence-electron chi connectivity index (χ0n) is 10.2. The normalized spacial score (nSPS) is 14.3. The number of carbonyl (C=O) groups excluding carboxylic acids is 1. The molecule has 1 atom stereocenters. The van der Waals surface area contributed by atoms with Crippen molar-refractivity contribution in [2.75, 3.05) is 13.9 Å². The third-order valence-corrected chi connectivity index (χ3v) is 2.73. The van der Waals surface area contributed by atoms with E-state index < -0.39 is 6.04 Å². The van der Waals surface area contributed by atoms with Crippen molar-refractivity contribution >= 4 is 5.97 Å². The summed E-state index contributed by atoms with van der Waals surface area (Å²) in [5.41, 5.74) is 0.634. The Morgan fingerprint density at radius 1 is 1.50 bits per heavy atom. The summed E-state index contributed by atoms with van der Waals surface area (Å²) in [5, 5.41) is 12.7. The first kappa shape index (κ1) is 12.5. The number of esters is 1. The number of benzene rings is 1. The third-order valence-electron chi connectivity index (χ3n) is 2.73. The molecule has 6 nitrogen and oxygen atoms in total. The Kier molecular flexibility index (Phi) is 3.57. The van der Waals surface area contributed by atoms with Crippen molar-refractivity contribution in [3.05, 3.63) is 17.7 Å². The summed E-state index contributed by atoms with van der Waals surface area (Å²) >= 11 is 0. The molecule has 0 spiro atoms. The molecule has 0 fully saturated rings. The van der Waals surface area contributed by atoms with E-state index in [0.717, 1.165) is 0 Å². The van der Waals surface area contributed by atoms with Gasteiger partial charge in [0.1, 0.15) is 11.8 Å². The lowest BCUT2D eigenvalue weighted by Gasteiger charge is -2.12. The molecule has 0 radical (unpaired) electrons. The summed E-state index contributed by atoms with van der Waals surface area (Å²) in [4.78, 5) is 11.2. The summed E-state index contributed by atoms with van der Waals surface area (Å²) in [7, 11) is 1.33. The van der Waals surface area contributed by atoms with Crippen LogP contribution in [-0.4, -0.2) is 31.0 Å². The summed E-state index contributed by atoms with van der Waals surface area (Å²) in [6.07, 6.45) is 0. The fourth-order valence-electron chi connectivity index (χ4n) is 1.64. The van der Waals surface area contributed by atoms with Gasteiger partial charge in [0.2, 0.25) is 6.79 Å². The number of phenolic OH excluding ortho intramolecular Hbond substituents is 1. The van der Waals surface area contributed by atoms with Crippen LogP contribution in [0.15, 0.2) is 12.1 Å². The number of methoxy groups -OCH3 is 1. The molecule has 2 rings (SSSR count). The van der Waals surface area contributed by atoms with Crippen LogP contribution < -0.4 is 14.8 Å². The molecule has 1 aliphatic heterocycles. The van der Waals surface area contributed by atoms with Gasteiger partial charge in [-0.15, -0.1) is 0 Å². The Hall–Kier alpha value is -1.95. The van der Waals surface area contributed by atoms with Gasteiger partial charge in [0, 0.05) is 18.2 Å². The molecule has 1 heterocycles. The molecule has 0 bridgehead atoms. The van der Waals surface area contributed by atoms with Crippen LogP contribution in [0.5, 0.6) is 17.2 Å². The highest BCUT2D eigenvalue weighted by Gasteiger charge is 2.18. The van der Waals surface area contributed by atoms with Gasteiger partial charge in [-0.2, -0.15) is 0 Å². The van der Waals surface area contributed by atoms with Crippen LogP contribution in [0.1, 0.15) is 12.5 Å². The molecule has 0 aliphatic carbocycles. The van der Waals surface area contributed by atoms with Crippen molar-refractivity contribution in [3.8, 4) is 17.2 Å². The van der Waals surface area contributed by atoms with Crippen molar-refractivity contribution in [1.29, 1.82) is 0 Å².